The van der Waals surface area contributed by atoms with Crippen LogP contribution in [0.4, 0.5) is 23.7 Å². The molecule has 2 aromatic rings. The largest absolute Gasteiger partial charge is 0.417 e. The molecule has 2 aliphatic heterocycles. The second-order valence-electron chi connectivity index (χ2n) is 11.7. The van der Waals surface area contributed by atoms with E-state index in [-0.39, 0.29) is 23.3 Å². The molecule has 2 unspecified atom stereocenters. The minimum Gasteiger partial charge on any atom is -0.335 e. The van der Waals surface area contributed by atoms with Crippen molar-refractivity contribution in [2.24, 2.45) is 0 Å². The molecule has 2 aromatic carbocycles. The number of nitriles is 1. The van der Waals surface area contributed by atoms with Gasteiger partial charge in [0.25, 0.3) is 11.8 Å². The van der Waals surface area contributed by atoms with Crippen molar-refractivity contribution in [2.75, 3.05) is 37.6 Å². The van der Waals surface area contributed by atoms with E-state index in [0.717, 1.165) is 56.3 Å². The van der Waals surface area contributed by atoms with Crippen molar-refractivity contribution in [1.82, 2.24) is 15.1 Å². The Morgan fingerprint density at radius 2 is 1.68 bits per heavy atom. The first kappa shape index (κ1) is 31.3. The summed E-state index contributed by atoms with van der Waals surface area (Å²) in [7, 11) is 0. The van der Waals surface area contributed by atoms with Crippen molar-refractivity contribution in [1.29, 1.82) is 5.26 Å². The summed E-state index contributed by atoms with van der Waals surface area (Å²) in [6, 6.07) is 14.8. The zero-order valence-corrected chi connectivity index (χ0v) is 24.7. The molecule has 3 aliphatic rings. The van der Waals surface area contributed by atoms with Crippen molar-refractivity contribution in [3.05, 3.63) is 76.4 Å². The van der Waals surface area contributed by atoms with E-state index >= 15 is 0 Å². The standard InChI is InChI=1S/C33H36F3N5O3/c1-22-26(31(43)41(30(22)42)25-13-12-24(21-37)28(19-25)33(34,35)36)11-7-2-3-8-14-39-15-17-40(18-16-39)32(44)38-29-20-27(29)23-9-5-4-6-10-23/h4-6,9-10,12-13,19,27,29H,2-3,7-8,11,14-18,20H2,1H3,(H,38,44). The minimum atomic E-state index is -4.79. The van der Waals surface area contributed by atoms with Crippen molar-refractivity contribution in [2.45, 2.75) is 63.6 Å². The van der Waals surface area contributed by atoms with E-state index in [2.05, 4.69) is 22.3 Å². The first-order valence-corrected chi connectivity index (χ1v) is 15.1. The van der Waals surface area contributed by atoms with E-state index in [0.29, 0.717) is 43.5 Å². The zero-order chi connectivity index (χ0) is 31.4. The smallest absolute Gasteiger partial charge is 0.335 e. The molecule has 2 atom stereocenters. The average molecular weight is 608 g/mol. The van der Waals surface area contributed by atoms with Crippen LogP contribution in [0.25, 0.3) is 0 Å². The van der Waals surface area contributed by atoms with Crippen molar-refractivity contribution in [3.8, 4) is 6.07 Å². The molecule has 11 heteroatoms. The van der Waals surface area contributed by atoms with E-state index in [1.54, 1.807) is 0 Å². The van der Waals surface area contributed by atoms with Gasteiger partial charge in [-0.3, -0.25) is 14.5 Å². The van der Waals surface area contributed by atoms with E-state index in [1.807, 2.05) is 23.1 Å². The predicted molar refractivity (Wildman–Crippen MR) is 159 cm³/mol. The third-order valence-electron chi connectivity index (χ3n) is 8.76. The molecular formula is C33H36F3N5O3. The van der Waals surface area contributed by atoms with E-state index in [9.17, 15) is 27.6 Å². The number of halogens is 3. The van der Waals surface area contributed by atoms with Crippen LogP contribution in [0.1, 0.15) is 68.1 Å². The highest BCUT2D eigenvalue weighted by Crippen LogP contribution is 2.41. The zero-order valence-electron chi connectivity index (χ0n) is 24.7. The fraction of sp³-hybridized carbons (Fsp3) is 0.455. The van der Waals surface area contributed by atoms with Crippen LogP contribution in [0.5, 0.6) is 0 Å². The Hall–Kier alpha value is -4.17. The number of hydrogen-bond acceptors (Lipinski definition) is 5. The monoisotopic (exact) mass is 607 g/mol. The van der Waals surface area contributed by atoms with Gasteiger partial charge in [0.1, 0.15) is 0 Å². The number of urea groups is 1. The third-order valence-corrected chi connectivity index (χ3v) is 8.76. The van der Waals surface area contributed by atoms with E-state index in [1.165, 1.54) is 24.6 Å². The molecular weight excluding hydrogens is 571 g/mol. The summed E-state index contributed by atoms with van der Waals surface area (Å²) in [5.74, 6) is -0.838. The fourth-order valence-corrected chi connectivity index (χ4v) is 6.06. The van der Waals surface area contributed by atoms with Gasteiger partial charge in [0.05, 0.1) is 22.9 Å². The van der Waals surface area contributed by atoms with Crippen LogP contribution in [-0.4, -0.2) is 66.4 Å². The van der Waals surface area contributed by atoms with Crippen molar-refractivity contribution < 1.29 is 27.6 Å². The van der Waals surface area contributed by atoms with Gasteiger partial charge in [0.15, 0.2) is 0 Å². The number of nitrogens with one attached hydrogen (secondary N) is 1. The maximum Gasteiger partial charge on any atom is 0.417 e. The SMILES string of the molecule is CC1=C(CCCCCCN2CCN(C(=O)NC3CC3c3ccccc3)CC2)C(=O)N(c2ccc(C#N)c(C(F)(F)F)c2)C1=O. The summed E-state index contributed by atoms with van der Waals surface area (Å²) in [6.45, 7) is 5.47. The minimum absolute atomic E-state index is 0.0103. The summed E-state index contributed by atoms with van der Waals surface area (Å²) in [5.41, 5.74) is -0.101. The molecule has 8 nitrogen and oxygen atoms in total. The van der Waals surface area contributed by atoms with Crippen LogP contribution < -0.4 is 10.2 Å². The average Bonchev–Trinajstić information content (AvgIpc) is 3.75. The topological polar surface area (TPSA) is 96.8 Å². The summed E-state index contributed by atoms with van der Waals surface area (Å²) < 4.78 is 40.3. The lowest BCUT2D eigenvalue weighted by Gasteiger charge is -2.34. The third kappa shape index (κ3) is 6.97. The number of nitrogens with zero attached hydrogens (tertiary/aromatic N) is 4. The highest BCUT2D eigenvalue weighted by Gasteiger charge is 2.41. The van der Waals surface area contributed by atoms with Gasteiger partial charge in [-0.05, 0) is 62.9 Å². The molecule has 2 heterocycles. The number of amides is 4. The van der Waals surface area contributed by atoms with Gasteiger partial charge in [-0.25, -0.2) is 9.69 Å². The molecule has 0 aromatic heterocycles. The first-order valence-electron chi connectivity index (χ1n) is 15.1. The Balaban J connectivity index is 1.000. The first-order chi connectivity index (χ1) is 21.1. The number of carbonyl (C=O) groups excluding carboxylic acids is 3. The quantitative estimate of drug-likeness (QED) is 0.280. The van der Waals surface area contributed by atoms with Gasteiger partial charge in [-0.2, -0.15) is 18.4 Å². The Bertz CT molecular complexity index is 1480. The van der Waals surface area contributed by atoms with Crippen LogP contribution in [0.3, 0.4) is 0 Å². The molecule has 5 rings (SSSR count). The predicted octanol–water partition coefficient (Wildman–Crippen LogP) is 5.60. The summed E-state index contributed by atoms with van der Waals surface area (Å²) in [4.78, 5) is 43.6. The molecule has 1 aliphatic carbocycles. The number of alkyl halides is 3. The lowest BCUT2D eigenvalue weighted by molar-refractivity contribution is -0.138. The van der Waals surface area contributed by atoms with Gasteiger partial charge in [-0.1, -0.05) is 43.2 Å². The summed E-state index contributed by atoms with van der Waals surface area (Å²) in [5, 5.41) is 12.2. The number of carbonyl (C=O) groups is 3. The van der Waals surface area contributed by atoms with Crippen LogP contribution >= 0.6 is 0 Å². The summed E-state index contributed by atoms with van der Waals surface area (Å²) >= 11 is 0. The second-order valence-corrected chi connectivity index (χ2v) is 11.7. The molecule has 0 spiro atoms. The van der Waals surface area contributed by atoms with Gasteiger partial charge in [0, 0.05) is 49.3 Å². The normalized spacial score (nSPS) is 20.7. The molecule has 232 valence electrons. The maximum atomic E-state index is 13.4. The molecule has 4 amide bonds. The number of imide groups is 1. The molecule has 1 saturated heterocycles. The molecule has 1 N–H and O–H groups in total. The number of hydrogen-bond donors (Lipinski definition) is 1. The number of rotatable bonds is 10. The Morgan fingerprint density at radius 1 is 0.977 bits per heavy atom. The van der Waals surface area contributed by atoms with Crippen LogP contribution in [0.15, 0.2) is 59.7 Å². The maximum absolute atomic E-state index is 13.4. The number of anilines is 1. The Labute approximate surface area is 255 Å². The van der Waals surface area contributed by atoms with Crippen molar-refractivity contribution in [3.63, 3.8) is 0 Å². The van der Waals surface area contributed by atoms with Crippen LogP contribution in [0, 0.1) is 11.3 Å². The summed E-state index contributed by atoms with van der Waals surface area (Å²) in [6.07, 6.45) is -0.00524. The highest BCUT2D eigenvalue weighted by molar-refractivity contribution is 6.32. The molecule has 0 radical (unpaired) electrons. The number of piperazine rings is 1. The van der Waals surface area contributed by atoms with Gasteiger partial charge in [0.2, 0.25) is 0 Å². The second kappa shape index (κ2) is 13.2. The fourth-order valence-electron chi connectivity index (χ4n) is 6.06. The number of unbranched alkanes of at least 4 members (excludes halogenated alkanes) is 3. The molecule has 0 bridgehead atoms. The van der Waals surface area contributed by atoms with E-state index < -0.39 is 29.1 Å². The molecule has 1 saturated carbocycles. The molecule has 44 heavy (non-hydrogen) atoms. The van der Waals surface area contributed by atoms with Crippen LogP contribution in [0.2, 0.25) is 0 Å². The van der Waals surface area contributed by atoms with Crippen LogP contribution in [-0.2, 0) is 15.8 Å². The lowest BCUT2D eigenvalue weighted by atomic mass is 10.0. The van der Waals surface area contributed by atoms with Gasteiger partial charge in [-0.15, -0.1) is 0 Å². The van der Waals surface area contributed by atoms with Crippen molar-refractivity contribution >= 4 is 23.5 Å². The van der Waals surface area contributed by atoms with Gasteiger partial charge >= 0.3 is 12.2 Å². The van der Waals surface area contributed by atoms with E-state index in [4.69, 9.17) is 5.26 Å². The Kier molecular flexibility index (Phi) is 9.39. The lowest BCUT2D eigenvalue weighted by Crippen LogP contribution is -2.52. The number of benzene rings is 2. The Morgan fingerprint density at radius 3 is 2.36 bits per heavy atom. The van der Waals surface area contributed by atoms with Gasteiger partial charge < -0.3 is 10.2 Å². The molecule has 2 fully saturated rings. The highest BCUT2D eigenvalue weighted by atomic mass is 19.4.